The van der Waals surface area contributed by atoms with Crippen molar-refractivity contribution in [2.75, 3.05) is 0 Å². The lowest BCUT2D eigenvalue weighted by Crippen LogP contribution is -2.26. The molecule has 17 heavy (non-hydrogen) atoms. The number of aromatic nitrogens is 2. The highest BCUT2D eigenvalue weighted by atomic mass is 14.7. The largest absolute Gasteiger partial charge is 0.358 e. The molecule has 1 unspecified atom stereocenters. The Bertz CT molecular complexity index is 546. The third-order valence-corrected chi connectivity index (χ3v) is 4.21. The molecule has 0 aromatic carbocycles. The number of hydrogen-bond acceptors (Lipinski definition) is 1. The van der Waals surface area contributed by atoms with E-state index in [9.17, 15) is 0 Å². The quantitative estimate of drug-likeness (QED) is 0.731. The van der Waals surface area contributed by atoms with E-state index in [0.717, 1.165) is 5.92 Å². The van der Waals surface area contributed by atoms with E-state index < -0.39 is 0 Å². The number of nitrogens with one attached hydrogen (secondary N) is 1. The van der Waals surface area contributed by atoms with Crippen LogP contribution in [-0.2, 0) is 12.8 Å². The Hall–Kier alpha value is -1.31. The Morgan fingerprint density at radius 3 is 2.94 bits per heavy atom. The third-order valence-electron chi connectivity index (χ3n) is 4.21. The lowest BCUT2D eigenvalue weighted by Gasteiger charge is -2.33. The normalized spacial score (nSPS) is 20.5. The van der Waals surface area contributed by atoms with Gasteiger partial charge in [0.25, 0.3) is 0 Å². The van der Waals surface area contributed by atoms with Gasteiger partial charge in [0.05, 0.1) is 0 Å². The van der Waals surface area contributed by atoms with Gasteiger partial charge in [-0.25, -0.2) is 0 Å². The van der Waals surface area contributed by atoms with E-state index in [1.165, 1.54) is 41.4 Å². The number of fused-ring (bicyclic) bond motifs is 3. The van der Waals surface area contributed by atoms with Gasteiger partial charge in [0.15, 0.2) is 0 Å². The van der Waals surface area contributed by atoms with Crippen LogP contribution < -0.4 is 0 Å². The van der Waals surface area contributed by atoms with Gasteiger partial charge in [-0.1, -0.05) is 20.8 Å². The molecule has 0 saturated heterocycles. The van der Waals surface area contributed by atoms with Gasteiger partial charge in [-0.3, -0.25) is 4.98 Å². The van der Waals surface area contributed by atoms with Crippen molar-refractivity contribution in [3.8, 4) is 0 Å². The minimum atomic E-state index is 0.406. The van der Waals surface area contributed by atoms with E-state index in [1.807, 2.05) is 12.4 Å². The highest BCUT2D eigenvalue weighted by Crippen LogP contribution is 2.39. The SMILES string of the molecule is CC(C)(C)C1CCc2[nH]c3ccncc3c2C1. The second-order valence-electron chi connectivity index (χ2n) is 6.31. The lowest BCUT2D eigenvalue weighted by molar-refractivity contribution is 0.216. The van der Waals surface area contributed by atoms with E-state index in [1.54, 1.807) is 0 Å². The molecule has 2 heterocycles. The van der Waals surface area contributed by atoms with E-state index >= 15 is 0 Å². The molecule has 0 amide bonds. The minimum absolute atomic E-state index is 0.406. The van der Waals surface area contributed by atoms with Crippen molar-refractivity contribution in [3.63, 3.8) is 0 Å². The first-order valence-electron chi connectivity index (χ1n) is 6.49. The van der Waals surface area contributed by atoms with Crippen molar-refractivity contribution in [2.24, 2.45) is 11.3 Å². The number of aryl methyl sites for hydroxylation is 1. The van der Waals surface area contributed by atoms with Gasteiger partial charge in [0.1, 0.15) is 0 Å². The lowest BCUT2D eigenvalue weighted by atomic mass is 9.71. The molecule has 0 aliphatic heterocycles. The van der Waals surface area contributed by atoms with Gasteiger partial charge in [-0.05, 0) is 42.2 Å². The van der Waals surface area contributed by atoms with E-state index in [-0.39, 0.29) is 0 Å². The molecule has 2 heteroatoms. The summed E-state index contributed by atoms with van der Waals surface area (Å²) in [6.45, 7) is 7.07. The summed E-state index contributed by atoms with van der Waals surface area (Å²) >= 11 is 0. The Kier molecular flexibility index (Phi) is 2.29. The highest BCUT2D eigenvalue weighted by molar-refractivity contribution is 5.83. The van der Waals surface area contributed by atoms with Gasteiger partial charge in [-0.2, -0.15) is 0 Å². The predicted octanol–water partition coefficient (Wildman–Crippen LogP) is 3.71. The predicted molar refractivity (Wildman–Crippen MR) is 71.1 cm³/mol. The molecule has 3 rings (SSSR count). The number of hydrogen-bond donors (Lipinski definition) is 1. The first-order valence-corrected chi connectivity index (χ1v) is 6.49. The number of aromatic amines is 1. The van der Waals surface area contributed by atoms with Crippen LogP contribution in [0, 0.1) is 11.3 Å². The van der Waals surface area contributed by atoms with E-state index in [4.69, 9.17) is 0 Å². The maximum atomic E-state index is 4.26. The van der Waals surface area contributed by atoms with Crippen LogP contribution in [0.4, 0.5) is 0 Å². The fraction of sp³-hybridized carbons (Fsp3) is 0.533. The van der Waals surface area contributed by atoms with Crippen molar-refractivity contribution in [1.29, 1.82) is 0 Å². The van der Waals surface area contributed by atoms with Crippen molar-refractivity contribution >= 4 is 10.9 Å². The molecular formula is C15H20N2. The van der Waals surface area contributed by atoms with Crippen LogP contribution in [0.1, 0.15) is 38.4 Å². The summed E-state index contributed by atoms with van der Waals surface area (Å²) < 4.78 is 0. The van der Waals surface area contributed by atoms with Crippen molar-refractivity contribution in [2.45, 2.75) is 40.0 Å². The van der Waals surface area contributed by atoms with Crippen LogP contribution >= 0.6 is 0 Å². The summed E-state index contributed by atoms with van der Waals surface area (Å²) in [6.07, 6.45) is 7.56. The van der Waals surface area contributed by atoms with Gasteiger partial charge < -0.3 is 4.98 Å². The molecule has 2 aromatic heterocycles. The van der Waals surface area contributed by atoms with Gasteiger partial charge >= 0.3 is 0 Å². The van der Waals surface area contributed by atoms with E-state index in [0.29, 0.717) is 5.41 Å². The Balaban J connectivity index is 2.06. The molecule has 0 spiro atoms. The van der Waals surface area contributed by atoms with Crippen LogP contribution in [-0.4, -0.2) is 9.97 Å². The minimum Gasteiger partial charge on any atom is -0.358 e. The molecule has 1 N–H and O–H groups in total. The van der Waals surface area contributed by atoms with E-state index in [2.05, 4.69) is 36.8 Å². The van der Waals surface area contributed by atoms with Crippen LogP contribution in [0.2, 0.25) is 0 Å². The second kappa shape index (κ2) is 3.59. The Morgan fingerprint density at radius 1 is 1.35 bits per heavy atom. The maximum Gasteiger partial charge on any atom is 0.0490 e. The molecule has 0 bridgehead atoms. The summed E-state index contributed by atoms with van der Waals surface area (Å²) in [5, 5.41) is 1.33. The Labute approximate surface area is 102 Å². The first-order chi connectivity index (χ1) is 8.05. The third kappa shape index (κ3) is 1.76. The zero-order valence-corrected chi connectivity index (χ0v) is 10.9. The molecule has 1 atom stereocenters. The zero-order chi connectivity index (χ0) is 12.0. The number of rotatable bonds is 0. The van der Waals surface area contributed by atoms with Crippen LogP contribution in [0.25, 0.3) is 10.9 Å². The molecule has 1 aliphatic carbocycles. The van der Waals surface area contributed by atoms with Crippen molar-refractivity contribution in [3.05, 3.63) is 29.7 Å². The molecule has 1 aliphatic rings. The van der Waals surface area contributed by atoms with Gasteiger partial charge in [0.2, 0.25) is 0 Å². The first kappa shape index (κ1) is 10.8. The molecule has 2 aromatic rings. The van der Waals surface area contributed by atoms with Crippen LogP contribution in [0.15, 0.2) is 18.5 Å². The van der Waals surface area contributed by atoms with Crippen molar-refractivity contribution in [1.82, 2.24) is 9.97 Å². The molecule has 0 radical (unpaired) electrons. The summed E-state index contributed by atoms with van der Waals surface area (Å²) in [7, 11) is 0. The number of pyridine rings is 1. The fourth-order valence-corrected chi connectivity index (χ4v) is 3.00. The molecule has 0 fully saturated rings. The van der Waals surface area contributed by atoms with Gasteiger partial charge in [0, 0.05) is 29.0 Å². The summed E-state index contributed by atoms with van der Waals surface area (Å²) in [4.78, 5) is 7.81. The van der Waals surface area contributed by atoms with Crippen LogP contribution in [0.3, 0.4) is 0 Å². The molecular weight excluding hydrogens is 208 g/mol. The number of H-pyrrole nitrogens is 1. The Morgan fingerprint density at radius 2 is 2.18 bits per heavy atom. The topological polar surface area (TPSA) is 28.7 Å². The smallest absolute Gasteiger partial charge is 0.0490 e. The monoisotopic (exact) mass is 228 g/mol. The van der Waals surface area contributed by atoms with Gasteiger partial charge in [-0.15, -0.1) is 0 Å². The van der Waals surface area contributed by atoms with Crippen molar-refractivity contribution < 1.29 is 0 Å². The number of nitrogens with zero attached hydrogens (tertiary/aromatic N) is 1. The zero-order valence-electron chi connectivity index (χ0n) is 10.9. The summed E-state index contributed by atoms with van der Waals surface area (Å²) in [6, 6.07) is 2.08. The summed E-state index contributed by atoms with van der Waals surface area (Å²) in [5.41, 5.74) is 4.61. The average Bonchev–Trinajstić information content (AvgIpc) is 2.65. The molecule has 2 nitrogen and oxygen atoms in total. The average molecular weight is 228 g/mol. The summed E-state index contributed by atoms with van der Waals surface area (Å²) in [5.74, 6) is 0.786. The highest BCUT2D eigenvalue weighted by Gasteiger charge is 2.30. The van der Waals surface area contributed by atoms with Crippen LogP contribution in [0.5, 0.6) is 0 Å². The standard InChI is InChI=1S/C15H20N2/c1-15(2,3)10-4-5-13-11(8-10)12-9-16-7-6-14(12)17-13/h6-7,9-10,17H,4-5,8H2,1-3H3. The maximum absolute atomic E-state index is 4.26. The fourth-order valence-electron chi connectivity index (χ4n) is 3.00. The molecule has 90 valence electrons. The second-order valence-corrected chi connectivity index (χ2v) is 6.31. The molecule has 0 saturated carbocycles.